The number of carboxylic acids is 1. The summed E-state index contributed by atoms with van der Waals surface area (Å²) < 4.78 is 34.7. The molecule has 18 atom stereocenters. The first-order chi connectivity index (χ1) is 45.9. The zero-order valence-electron chi connectivity index (χ0n) is 58.5. The minimum atomic E-state index is -3.08. The summed E-state index contributed by atoms with van der Waals surface area (Å²) in [5, 5.41) is 136. The Bertz CT molecular complexity index is 1960. The topological polar surface area (TPSA) is 373 Å². The molecule has 3 aliphatic rings. The van der Waals surface area contributed by atoms with Crippen LogP contribution in [0.25, 0.3) is 0 Å². The molecular formula is C72H134N2O21. The molecule has 0 spiro atoms. The molecule has 23 heteroatoms. The van der Waals surface area contributed by atoms with Crippen LogP contribution in [0.2, 0.25) is 0 Å². The molecule has 0 bridgehead atoms. The van der Waals surface area contributed by atoms with E-state index in [1.165, 1.54) is 186 Å². The maximum Gasteiger partial charge on any atom is 0.364 e. The number of ether oxygens (including phenoxy) is 6. The van der Waals surface area contributed by atoms with Crippen molar-refractivity contribution < 1.29 is 104 Å². The van der Waals surface area contributed by atoms with Gasteiger partial charge in [0.25, 0.3) is 5.79 Å². The van der Waals surface area contributed by atoms with Crippen molar-refractivity contribution in [3.8, 4) is 0 Å². The van der Waals surface area contributed by atoms with Crippen LogP contribution >= 0.6 is 0 Å². The fraction of sp³-hybridized carbons (Fsp3) is 0.931. The van der Waals surface area contributed by atoms with Crippen LogP contribution in [0, 0.1) is 0 Å². The molecule has 23 nitrogen and oxygen atoms in total. The van der Waals surface area contributed by atoms with Crippen molar-refractivity contribution in [2.75, 3.05) is 26.4 Å². The first kappa shape index (κ1) is 86.7. The molecule has 3 heterocycles. The van der Waals surface area contributed by atoms with E-state index in [1.54, 1.807) is 6.08 Å². The molecule has 0 aromatic rings. The van der Waals surface area contributed by atoms with E-state index in [1.807, 2.05) is 6.08 Å². The summed E-state index contributed by atoms with van der Waals surface area (Å²) in [6, 6.07) is -2.61. The van der Waals surface area contributed by atoms with E-state index in [2.05, 4.69) is 24.5 Å². The number of hydrogen-bond donors (Lipinski definition) is 14. The zero-order chi connectivity index (χ0) is 69.6. The van der Waals surface area contributed by atoms with Gasteiger partial charge in [-0.25, -0.2) is 4.79 Å². The second kappa shape index (κ2) is 52.5. The van der Waals surface area contributed by atoms with Crippen LogP contribution in [0.1, 0.15) is 290 Å². The van der Waals surface area contributed by atoms with Crippen molar-refractivity contribution in [2.45, 2.75) is 400 Å². The van der Waals surface area contributed by atoms with E-state index in [0.29, 0.717) is 12.8 Å². The third-order valence-corrected chi connectivity index (χ3v) is 19.2. The molecule has 0 aromatic carbocycles. The number of aliphatic hydroxyl groups is 11. The van der Waals surface area contributed by atoms with Gasteiger partial charge in [0.05, 0.1) is 50.7 Å². The van der Waals surface area contributed by atoms with Gasteiger partial charge >= 0.3 is 5.97 Å². The van der Waals surface area contributed by atoms with E-state index in [9.17, 15) is 75.7 Å². The Labute approximate surface area is 569 Å². The van der Waals surface area contributed by atoms with E-state index < -0.39 is 155 Å². The Morgan fingerprint density at radius 3 is 1.40 bits per heavy atom. The maximum absolute atomic E-state index is 13.4. The lowest BCUT2D eigenvalue weighted by Gasteiger charge is -2.50. The number of carboxylic acid groups (broad SMARTS) is 1. The van der Waals surface area contributed by atoms with E-state index >= 15 is 0 Å². The van der Waals surface area contributed by atoms with Gasteiger partial charge < -0.3 is 100 Å². The highest BCUT2D eigenvalue weighted by molar-refractivity contribution is 5.77. The number of carbonyl (C=O) groups is 3. The zero-order valence-corrected chi connectivity index (χ0v) is 58.5. The number of amides is 2. The monoisotopic (exact) mass is 1360 g/mol. The van der Waals surface area contributed by atoms with E-state index in [0.717, 1.165) is 64.7 Å². The second-order valence-electron chi connectivity index (χ2n) is 27.5. The third-order valence-electron chi connectivity index (χ3n) is 19.2. The largest absolute Gasteiger partial charge is 0.477 e. The number of aliphatic hydroxyl groups excluding tert-OH is 11. The smallest absolute Gasteiger partial charge is 0.364 e. The number of carbonyl (C=O) groups excluding carboxylic acids is 2. The highest BCUT2D eigenvalue weighted by Gasteiger charge is 2.60. The number of aliphatic carboxylic acids is 1. The normalized spacial score (nSPS) is 27.7. The van der Waals surface area contributed by atoms with Crippen LogP contribution in [0.4, 0.5) is 0 Å². The fourth-order valence-electron chi connectivity index (χ4n) is 13.2. The van der Waals surface area contributed by atoms with Gasteiger partial charge in [0, 0.05) is 19.8 Å². The van der Waals surface area contributed by atoms with Gasteiger partial charge in [-0.2, -0.15) is 0 Å². The predicted molar refractivity (Wildman–Crippen MR) is 362 cm³/mol. The van der Waals surface area contributed by atoms with Crippen LogP contribution < -0.4 is 10.6 Å². The lowest BCUT2D eigenvalue weighted by atomic mass is 9.88. The number of nitrogens with one attached hydrogen (secondary N) is 2. The molecule has 3 aliphatic heterocycles. The Morgan fingerprint density at radius 1 is 0.547 bits per heavy atom. The number of allylic oxidation sites excluding steroid dienone is 1. The molecule has 95 heavy (non-hydrogen) atoms. The van der Waals surface area contributed by atoms with Crippen LogP contribution in [-0.2, 0) is 42.8 Å². The Hall–Kier alpha value is -2.53. The molecule has 0 radical (unpaired) electrons. The van der Waals surface area contributed by atoms with Gasteiger partial charge in [-0.15, -0.1) is 0 Å². The third kappa shape index (κ3) is 34.1. The van der Waals surface area contributed by atoms with Crippen LogP contribution in [-0.4, -0.2) is 215 Å². The average molecular weight is 1360 g/mol. The number of rotatable bonds is 58. The first-order valence-electron chi connectivity index (χ1n) is 37.6. The maximum atomic E-state index is 13.4. The minimum absolute atomic E-state index is 0.205. The van der Waals surface area contributed by atoms with Gasteiger partial charge in [-0.1, -0.05) is 264 Å². The highest BCUT2D eigenvalue weighted by atomic mass is 16.8. The summed E-state index contributed by atoms with van der Waals surface area (Å²) in [6.45, 7) is 2.11. The van der Waals surface area contributed by atoms with Crippen molar-refractivity contribution in [1.29, 1.82) is 0 Å². The van der Waals surface area contributed by atoms with Crippen molar-refractivity contribution in [2.24, 2.45) is 0 Å². The van der Waals surface area contributed by atoms with Gasteiger partial charge in [0.2, 0.25) is 11.8 Å². The summed E-state index contributed by atoms with van der Waals surface area (Å²) in [5.41, 5.74) is 0. The summed E-state index contributed by atoms with van der Waals surface area (Å²) in [6.07, 6.45) is 24.6. The molecule has 2 amide bonds. The summed E-state index contributed by atoms with van der Waals surface area (Å²) in [7, 11) is 0. The van der Waals surface area contributed by atoms with Gasteiger partial charge in [0.1, 0.15) is 67.1 Å². The molecule has 558 valence electrons. The molecule has 0 aromatic heterocycles. The van der Waals surface area contributed by atoms with Gasteiger partial charge in [0.15, 0.2) is 12.6 Å². The van der Waals surface area contributed by atoms with Crippen LogP contribution in [0.15, 0.2) is 12.2 Å². The standard InChI is InChI=1S/C72H134N2O21/c1-4-6-8-10-12-14-15-16-17-18-19-20-21-22-23-24-25-26-27-28-29-30-31-32-33-34-35-36-38-40-42-44-46-59(82)74-53(54(79)45-43-41-39-37-13-11-9-7-5-2)51-90-69-64(86)63(85)66(58(50-77)92-69)93-70-65(87)68(62(84)57(49-76)91-70)95-72(71(88)89)47-55(80)60(73-52(3)78)67(94-72)61(83)56(81)48-75/h43,45,53-58,60-70,75-77,79-81,83-87H,4-42,44,46-51H2,1-3H3,(H,73,78)(H,74,82)(H,88,89)/b45-43+. The van der Waals surface area contributed by atoms with Crippen LogP contribution in [0.5, 0.6) is 0 Å². The summed E-state index contributed by atoms with van der Waals surface area (Å²) in [4.78, 5) is 38.5. The Balaban J connectivity index is 1.43. The van der Waals surface area contributed by atoms with Crippen molar-refractivity contribution >= 4 is 17.8 Å². The average Bonchev–Trinajstić information content (AvgIpc) is 0.758. The Morgan fingerprint density at radius 2 is 0.979 bits per heavy atom. The van der Waals surface area contributed by atoms with Crippen molar-refractivity contribution in [3.63, 3.8) is 0 Å². The first-order valence-corrected chi connectivity index (χ1v) is 37.6. The molecular weight excluding hydrogens is 1230 g/mol. The van der Waals surface area contributed by atoms with Crippen molar-refractivity contribution in [3.05, 3.63) is 12.2 Å². The fourth-order valence-corrected chi connectivity index (χ4v) is 13.2. The molecule has 0 saturated carbocycles. The SMILES string of the molecule is CCCCCCCCC/C=C/C(O)C(COC1OC(CO)C(OC2OC(CO)C(O)C(OC3(C(=O)O)CC(O)C(NC(C)=O)C(C(O)C(O)CO)O3)C2O)C(O)C1O)NC(=O)CCCCCCCCCCCCCCCCCCCCCCCCCCCCCCCCCC. The van der Waals surface area contributed by atoms with Crippen LogP contribution in [0.3, 0.4) is 0 Å². The lowest BCUT2D eigenvalue weighted by Crippen LogP contribution is -2.70. The molecule has 18 unspecified atom stereocenters. The predicted octanol–water partition coefficient (Wildman–Crippen LogP) is 8.24. The second-order valence-corrected chi connectivity index (χ2v) is 27.5. The van der Waals surface area contributed by atoms with Crippen molar-refractivity contribution in [1.82, 2.24) is 10.6 Å². The Kier molecular flexibility index (Phi) is 47.9. The molecule has 0 aliphatic carbocycles. The summed E-state index contributed by atoms with van der Waals surface area (Å²) >= 11 is 0. The summed E-state index contributed by atoms with van der Waals surface area (Å²) in [5.74, 6) is -6.14. The lowest BCUT2D eigenvalue weighted by molar-refractivity contribution is -0.386. The van der Waals surface area contributed by atoms with E-state index in [-0.39, 0.29) is 12.3 Å². The highest BCUT2D eigenvalue weighted by Crippen LogP contribution is 2.39. The minimum Gasteiger partial charge on any atom is -0.477 e. The molecule has 3 fully saturated rings. The van der Waals surface area contributed by atoms with Gasteiger partial charge in [-0.3, -0.25) is 9.59 Å². The molecule has 3 rings (SSSR count). The quantitative estimate of drug-likeness (QED) is 0.0201. The molecule has 3 saturated heterocycles. The number of hydrogen-bond acceptors (Lipinski definition) is 20. The molecule has 14 N–H and O–H groups in total. The van der Waals surface area contributed by atoms with Gasteiger partial charge in [-0.05, 0) is 19.3 Å². The van der Waals surface area contributed by atoms with E-state index in [4.69, 9.17) is 28.4 Å². The number of unbranched alkanes of at least 4 members (excludes halogenated alkanes) is 38.